The lowest BCUT2D eigenvalue weighted by atomic mass is 10.0. The monoisotopic (exact) mass is 203 g/mol. The van der Waals surface area contributed by atoms with E-state index in [1.807, 2.05) is 24.3 Å². The molecule has 0 spiro atoms. The molecule has 1 aliphatic rings. The van der Waals surface area contributed by atoms with Crippen molar-refractivity contribution in [1.29, 1.82) is 0 Å². The van der Waals surface area contributed by atoms with E-state index >= 15 is 0 Å². The molecule has 3 nitrogen and oxygen atoms in total. The van der Waals surface area contributed by atoms with Crippen LogP contribution in [0, 0.1) is 0 Å². The van der Waals surface area contributed by atoms with E-state index in [0.717, 1.165) is 16.9 Å². The summed E-state index contributed by atoms with van der Waals surface area (Å²) in [4.78, 5) is 11.3. The number of carbonyl (C=O) groups excluding carboxylic acids is 1. The van der Waals surface area contributed by atoms with Crippen LogP contribution in [0.1, 0.15) is 18.4 Å². The van der Waals surface area contributed by atoms with E-state index in [-0.39, 0.29) is 5.78 Å². The summed E-state index contributed by atoms with van der Waals surface area (Å²) in [6, 6.07) is 7.62. The van der Waals surface area contributed by atoms with Gasteiger partial charge in [0.2, 0.25) is 0 Å². The van der Waals surface area contributed by atoms with Gasteiger partial charge in [0, 0.05) is 12.0 Å². The van der Waals surface area contributed by atoms with Crippen LogP contribution in [0.25, 0.3) is 5.57 Å². The minimum atomic E-state index is 0.0379. The number of rotatable bonds is 2. The van der Waals surface area contributed by atoms with Crippen molar-refractivity contribution in [2.24, 2.45) is 5.73 Å². The summed E-state index contributed by atoms with van der Waals surface area (Å²) in [5.74, 6) is 0.807. The highest BCUT2D eigenvalue weighted by Gasteiger charge is 2.23. The van der Waals surface area contributed by atoms with E-state index in [1.165, 1.54) is 0 Å². The number of methoxy groups -OCH3 is 1. The van der Waals surface area contributed by atoms with Crippen molar-refractivity contribution in [3.63, 3.8) is 0 Å². The summed E-state index contributed by atoms with van der Waals surface area (Å²) in [5.41, 5.74) is 7.99. The fourth-order valence-electron chi connectivity index (χ4n) is 1.85. The van der Waals surface area contributed by atoms with Crippen molar-refractivity contribution in [2.45, 2.75) is 12.8 Å². The van der Waals surface area contributed by atoms with Crippen LogP contribution in [0.2, 0.25) is 0 Å². The Morgan fingerprint density at radius 2 is 2.00 bits per heavy atom. The van der Waals surface area contributed by atoms with Crippen molar-refractivity contribution < 1.29 is 9.53 Å². The highest BCUT2D eigenvalue weighted by molar-refractivity contribution is 6.06. The predicted octanol–water partition coefficient (Wildman–Crippen LogP) is 1.73. The second-order valence-corrected chi connectivity index (χ2v) is 3.52. The molecule has 0 heterocycles. The molecular weight excluding hydrogens is 190 g/mol. The number of hydrogen-bond acceptors (Lipinski definition) is 3. The van der Waals surface area contributed by atoms with Crippen LogP contribution in [0.15, 0.2) is 30.0 Å². The number of Topliss-reactive ketones (excluding diaryl/α,β-unsaturated/α-hetero) is 1. The lowest BCUT2D eigenvalue weighted by Gasteiger charge is -2.09. The Morgan fingerprint density at radius 1 is 1.27 bits per heavy atom. The molecule has 0 saturated carbocycles. The van der Waals surface area contributed by atoms with Gasteiger partial charge in [-0.05, 0) is 18.1 Å². The van der Waals surface area contributed by atoms with E-state index in [1.54, 1.807) is 7.11 Å². The number of benzene rings is 1. The Labute approximate surface area is 88.5 Å². The summed E-state index contributed by atoms with van der Waals surface area (Å²) in [5, 5.41) is 0. The van der Waals surface area contributed by atoms with Crippen molar-refractivity contribution in [3.8, 4) is 5.75 Å². The maximum absolute atomic E-state index is 11.3. The molecular formula is C12H13NO2. The summed E-state index contributed by atoms with van der Waals surface area (Å²) in [6.45, 7) is 0. The van der Waals surface area contributed by atoms with Gasteiger partial charge in [-0.1, -0.05) is 18.2 Å². The van der Waals surface area contributed by atoms with Crippen LogP contribution in [0.4, 0.5) is 0 Å². The molecule has 0 aromatic heterocycles. The molecule has 0 aliphatic heterocycles. The fraction of sp³-hybridized carbons (Fsp3) is 0.250. The van der Waals surface area contributed by atoms with Crippen molar-refractivity contribution >= 4 is 11.4 Å². The van der Waals surface area contributed by atoms with Crippen LogP contribution < -0.4 is 10.5 Å². The summed E-state index contributed by atoms with van der Waals surface area (Å²) < 4.78 is 5.24. The molecule has 1 aromatic carbocycles. The highest BCUT2D eigenvalue weighted by Crippen LogP contribution is 2.34. The number of nitrogens with two attached hydrogens (primary N) is 1. The number of ether oxygens (including phenoxy) is 1. The molecule has 0 radical (unpaired) electrons. The van der Waals surface area contributed by atoms with Crippen LogP contribution in [-0.2, 0) is 4.79 Å². The molecule has 15 heavy (non-hydrogen) atoms. The predicted molar refractivity (Wildman–Crippen MR) is 58.3 cm³/mol. The van der Waals surface area contributed by atoms with Crippen molar-refractivity contribution in [3.05, 3.63) is 35.5 Å². The van der Waals surface area contributed by atoms with Gasteiger partial charge in [-0.3, -0.25) is 4.79 Å². The van der Waals surface area contributed by atoms with Crippen molar-refractivity contribution in [2.75, 3.05) is 7.11 Å². The second-order valence-electron chi connectivity index (χ2n) is 3.52. The van der Waals surface area contributed by atoms with Gasteiger partial charge in [0.05, 0.1) is 12.8 Å². The molecule has 2 N–H and O–H groups in total. The highest BCUT2D eigenvalue weighted by atomic mass is 16.5. The summed E-state index contributed by atoms with van der Waals surface area (Å²) >= 11 is 0. The molecule has 2 rings (SSSR count). The standard InChI is InChI=1S/C12H13NO2/c1-15-11-5-3-2-4-8(11)9-6-7-10(14)12(9)13/h2-5H,6-7,13H2,1H3. The number of carbonyl (C=O) groups is 1. The molecule has 1 aromatic rings. The molecule has 0 unspecified atom stereocenters. The minimum absolute atomic E-state index is 0.0379. The minimum Gasteiger partial charge on any atom is -0.496 e. The van der Waals surface area contributed by atoms with Crippen LogP contribution >= 0.6 is 0 Å². The van der Waals surface area contributed by atoms with Gasteiger partial charge in [0.15, 0.2) is 5.78 Å². The largest absolute Gasteiger partial charge is 0.496 e. The van der Waals surface area contributed by atoms with Gasteiger partial charge in [-0.2, -0.15) is 0 Å². The molecule has 0 fully saturated rings. The molecule has 78 valence electrons. The van der Waals surface area contributed by atoms with E-state index in [4.69, 9.17) is 10.5 Å². The number of allylic oxidation sites excluding steroid dienone is 2. The topological polar surface area (TPSA) is 52.3 Å². The molecule has 0 bridgehead atoms. The molecule has 0 atom stereocenters. The Bertz CT molecular complexity index is 435. The average molecular weight is 203 g/mol. The van der Waals surface area contributed by atoms with Crippen molar-refractivity contribution in [1.82, 2.24) is 0 Å². The number of ketones is 1. The first-order valence-electron chi connectivity index (χ1n) is 4.89. The molecule has 1 aliphatic carbocycles. The third-order valence-electron chi connectivity index (χ3n) is 2.66. The van der Waals surface area contributed by atoms with Crippen LogP contribution in [0.5, 0.6) is 5.75 Å². The second kappa shape index (κ2) is 3.77. The van der Waals surface area contributed by atoms with Gasteiger partial charge in [0.25, 0.3) is 0 Å². The average Bonchev–Trinajstić information content (AvgIpc) is 2.60. The lowest BCUT2D eigenvalue weighted by molar-refractivity contribution is -0.114. The normalized spacial score (nSPS) is 15.9. The Hall–Kier alpha value is -1.77. The first-order valence-corrected chi connectivity index (χ1v) is 4.89. The van der Waals surface area contributed by atoms with Gasteiger partial charge < -0.3 is 10.5 Å². The zero-order valence-corrected chi connectivity index (χ0v) is 8.62. The van der Waals surface area contributed by atoms with Crippen LogP contribution in [0.3, 0.4) is 0 Å². The van der Waals surface area contributed by atoms with E-state index in [2.05, 4.69) is 0 Å². The van der Waals surface area contributed by atoms with Gasteiger partial charge in [-0.25, -0.2) is 0 Å². The molecule has 0 amide bonds. The lowest BCUT2D eigenvalue weighted by Crippen LogP contribution is -2.06. The van der Waals surface area contributed by atoms with Gasteiger partial charge in [0.1, 0.15) is 5.75 Å². The SMILES string of the molecule is COc1ccccc1C1=C(N)C(=O)CC1. The smallest absolute Gasteiger partial charge is 0.179 e. The summed E-state index contributed by atoms with van der Waals surface area (Å²) in [6.07, 6.45) is 1.23. The molecule has 3 heteroatoms. The van der Waals surface area contributed by atoms with E-state index in [9.17, 15) is 4.79 Å². The Kier molecular flexibility index (Phi) is 2.46. The third kappa shape index (κ3) is 1.61. The maximum atomic E-state index is 11.3. The fourth-order valence-corrected chi connectivity index (χ4v) is 1.85. The zero-order valence-electron chi connectivity index (χ0n) is 8.62. The first-order chi connectivity index (χ1) is 7.24. The maximum Gasteiger partial charge on any atom is 0.179 e. The summed E-state index contributed by atoms with van der Waals surface area (Å²) in [7, 11) is 1.62. The first kappa shape index (κ1) is 9.77. The quantitative estimate of drug-likeness (QED) is 0.796. The number of para-hydroxylation sites is 1. The van der Waals surface area contributed by atoms with Gasteiger partial charge >= 0.3 is 0 Å². The van der Waals surface area contributed by atoms with E-state index < -0.39 is 0 Å². The van der Waals surface area contributed by atoms with Gasteiger partial charge in [-0.15, -0.1) is 0 Å². The van der Waals surface area contributed by atoms with E-state index in [0.29, 0.717) is 18.5 Å². The Morgan fingerprint density at radius 3 is 2.60 bits per heavy atom. The molecule has 0 saturated heterocycles. The Balaban J connectivity index is 2.50. The zero-order chi connectivity index (χ0) is 10.8. The number of hydrogen-bond donors (Lipinski definition) is 1. The van der Waals surface area contributed by atoms with Crippen LogP contribution in [-0.4, -0.2) is 12.9 Å². The third-order valence-corrected chi connectivity index (χ3v) is 2.66.